The third kappa shape index (κ3) is 2.10. The summed E-state index contributed by atoms with van der Waals surface area (Å²) in [6.07, 6.45) is 0. The summed E-state index contributed by atoms with van der Waals surface area (Å²) in [6, 6.07) is 12.6. The number of Topliss-reactive ketones (excluding diaryl/α,β-unsaturated/α-hetero) is 2. The highest BCUT2D eigenvalue weighted by atomic mass is 19.1. The van der Waals surface area contributed by atoms with Crippen LogP contribution in [-0.4, -0.2) is 21.7 Å². The molecule has 2 aromatic heterocycles. The quantitative estimate of drug-likeness (QED) is 0.472. The molecule has 0 unspecified atom stereocenters. The van der Waals surface area contributed by atoms with Crippen molar-refractivity contribution in [1.29, 1.82) is 0 Å². The average Bonchev–Trinajstić information content (AvgIpc) is 3.06. The number of hydrogen-bond acceptors (Lipinski definition) is 5. The number of carbonyl (C=O) groups is 2. The molecule has 0 saturated heterocycles. The molecule has 0 spiro atoms. The second-order valence-electron chi connectivity index (χ2n) is 6.37. The van der Waals surface area contributed by atoms with E-state index in [4.69, 9.17) is 4.52 Å². The number of carbonyl (C=O) groups excluding carboxylic acids is 2. The maximum atomic E-state index is 13.4. The Hall–Kier alpha value is -3.67. The highest BCUT2D eigenvalue weighted by Crippen LogP contribution is 2.42. The molecule has 130 valence electrons. The van der Waals surface area contributed by atoms with Gasteiger partial charge in [-0.25, -0.2) is 9.37 Å². The van der Waals surface area contributed by atoms with E-state index in [-0.39, 0.29) is 11.3 Å². The summed E-state index contributed by atoms with van der Waals surface area (Å²) >= 11 is 0. The minimum Gasteiger partial charge on any atom is -0.336 e. The van der Waals surface area contributed by atoms with Crippen LogP contribution in [-0.2, 0) is 0 Å². The minimum absolute atomic E-state index is 0.198. The van der Waals surface area contributed by atoms with E-state index in [1.807, 2.05) is 0 Å². The van der Waals surface area contributed by atoms with Crippen LogP contribution in [0.25, 0.3) is 33.5 Å². The maximum absolute atomic E-state index is 13.4. The molecule has 5 rings (SSSR count). The van der Waals surface area contributed by atoms with E-state index < -0.39 is 17.4 Å². The van der Waals surface area contributed by atoms with Crippen molar-refractivity contribution in [2.45, 2.75) is 6.92 Å². The van der Waals surface area contributed by atoms with Gasteiger partial charge in [0.25, 0.3) is 5.71 Å². The summed E-state index contributed by atoms with van der Waals surface area (Å²) in [5.41, 5.74) is 3.33. The van der Waals surface area contributed by atoms with Crippen molar-refractivity contribution < 1.29 is 18.5 Å². The molecule has 2 heterocycles. The van der Waals surface area contributed by atoms with Gasteiger partial charge in [-0.1, -0.05) is 41.6 Å². The topological polar surface area (TPSA) is 73.1 Å². The van der Waals surface area contributed by atoms with Gasteiger partial charge in [-0.15, -0.1) is 0 Å². The number of hydrogen-bond donors (Lipinski definition) is 0. The van der Waals surface area contributed by atoms with Crippen LogP contribution in [0.3, 0.4) is 0 Å². The minimum atomic E-state index is -0.641. The predicted octanol–water partition coefficient (Wildman–Crippen LogP) is 4.38. The largest absolute Gasteiger partial charge is 0.336 e. The second kappa shape index (κ2) is 5.41. The van der Waals surface area contributed by atoms with E-state index in [1.165, 1.54) is 12.1 Å². The summed E-state index contributed by atoms with van der Waals surface area (Å²) in [4.78, 5) is 30.2. The molecule has 0 bridgehead atoms. The van der Waals surface area contributed by atoms with Crippen molar-refractivity contribution in [2.24, 2.45) is 0 Å². The zero-order chi connectivity index (χ0) is 18.7. The monoisotopic (exact) mass is 358 g/mol. The van der Waals surface area contributed by atoms with Crippen molar-refractivity contribution in [2.75, 3.05) is 0 Å². The first kappa shape index (κ1) is 15.6. The van der Waals surface area contributed by atoms with E-state index in [9.17, 15) is 14.0 Å². The van der Waals surface area contributed by atoms with Crippen LogP contribution < -0.4 is 0 Å². The van der Waals surface area contributed by atoms with Gasteiger partial charge in [0.2, 0.25) is 11.6 Å². The lowest BCUT2D eigenvalue weighted by Crippen LogP contribution is -2.23. The number of nitrogens with zero attached hydrogens (tertiary/aromatic N) is 2. The Morgan fingerprint density at radius 3 is 2.33 bits per heavy atom. The number of ketones is 2. The van der Waals surface area contributed by atoms with Crippen LogP contribution >= 0.6 is 0 Å². The summed E-state index contributed by atoms with van der Waals surface area (Å²) in [7, 11) is 0. The van der Waals surface area contributed by atoms with Gasteiger partial charge in [0.1, 0.15) is 5.82 Å². The Labute approximate surface area is 152 Å². The van der Waals surface area contributed by atoms with E-state index in [0.29, 0.717) is 39.0 Å². The smallest absolute Gasteiger partial charge is 0.259 e. The first-order valence-electron chi connectivity index (χ1n) is 8.30. The third-order valence-corrected chi connectivity index (χ3v) is 4.79. The molecule has 0 aliphatic heterocycles. The van der Waals surface area contributed by atoms with Crippen molar-refractivity contribution in [3.63, 3.8) is 0 Å². The standard InChI is InChI=1S/C21H11FN2O3/c1-10-15-16(11-6-8-12(22)9-7-11)17-18(23-21(15)27-24-10)13-4-2-3-5-14(13)19(25)20(17)26/h2-9H,1H3. The Kier molecular flexibility index (Phi) is 3.12. The van der Waals surface area contributed by atoms with E-state index in [0.717, 1.165) is 0 Å². The molecule has 27 heavy (non-hydrogen) atoms. The molecule has 0 atom stereocenters. The maximum Gasteiger partial charge on any atom is 0.259 e. The molecular weight excluding hydrogens is 347 g/mol. The number of halogens is 1. The zero-order valence-electron chi connectivity index (χ0n) is 14.1. The van der Waals surface area contributed by atoms with Gasteiger partial charge in [-0.2, -0.15) is 0 Å². The summed E-state index contributed by atoms with van der Waals surface area (Å²) < 4.78 is 18.8. The van der Waals surface area contributed by atoms with Crippen LogP contribution in [0.1, 0.15) is 26.4 Å². The lowest BCUT2D eigenvalue weighted by atomic mass is 9.82. The highest BCUT2D eigenvalue weighted by molar-refractivity contribution is 6.54. The van der Waals surface area contributed by atoms with E-state index >= 15 is 0 Å². The van der Waals surface area contributed by atoms with Crippen molar-refractivity contribution in [3.05, 3.63) is 71.2 Å². The Bertz CT molecular complexity index is 1270. The number of benzene rings is 2. The van der Waals surface area contributed by atoms with Crippen LogP contribution in [0.4, 0.5) is 4.39 Å². The van der Waals surface area contributed by atoms with Crippen LogP contribution in [0.5, 0.6) is 0 Å². The zero-order valence-corrected chi connectivity index (χ0v) is 14.1. The first-order chi connectivity index (χ1) is 13.1. The first-order valence-corrected chi connectivity index (χ1v) is 8.30. The lowest BCUT2D eigenvalue weighted by molar-refractivity contribution is 0.0815. The number of pyridine rings is 1. The molecule has 1 aliphatic carbocycles. The van der Waals surface area contributed by atoms with Gasteiger partial charge in [-0.3, -0.25) is 9.59 Å². The highest BCUT2D eigenvalue weighted by Gasteiger charge is 2.36. The molecule has 6 heteroatoms. The molecule has 1 aliphatic rings. The van der Waals surface area contributed by atoms with Crippen molar-refractivity contribution in [1.82, 2.24) is 10.1 Å². The van der Waals surface area contributed by atoms with Crippen LogP contribution in [0.15, 0.2) is 53.1 Å². The third-order valence-electron chi connectivity index (χ3n) is 4.79. The molecule has 4 aromatic rings. The lowest BCUT2D eigenvalue weighted by Gasteiger charge is -2.20. The normalized spacial score (nSPS) is 13.0. The fraction of sp³-hybridized carbons (Fsp3) is 0.0476. The van der Waals surface area contributed by atoms with Gasteiger partial charge >= 0.3 is 0 Å². The number of aromatic nitrogens is 2. The van der Waals surface area contributed by atoms with Gasteiger partial charge in [0.15, 0.2) is 0 Å². The Morgan fingerprint density at radius 2 is 1.59 bits per heavy atom. The molecule has 0 radical (unpaired) electrons. The molecule has 0 saturated carbocycles. The average molecular weight is 358 g/mol. The fourth-order valence-electron chi connectivity index (χ4n) is 3.57. The summed E-state index contributed by atoms with van der Waals surface area (Å²) in [5.74, 6) is -1.62. The van der Waals surface area contributed by atoms with E-state index in [1.54, 1.807) is 43.3 Å². The Balaban J connectivity index is 1.98. The van der Waals surface area contributed by atoms with Gasteiger partial charge in [0, 0.05) is 16.7 Å². The van der Waals surface area contributed by atoms with Crippen molar-refractivity contribution >= 4 is 22.7 Å². The number of fused-ring (bicyclic) bond motifs is 4. The molecule has 0 amide bonds. The summed E-state index contributed by atoms with van der Waals surface area (Å²) in [6.45, 7) is 1.73. The van der Waals surface area contributed by atoms with Gasteiger partial charge in [0.05, 0.1) is 22.3 Å². The number of rotatable bonds is 1. The molecule has 5 nitrogen and oxygen atoms in total. The molecule has 0 fully saturated rings. The van der Waals surface area contributed by atoms with E-state index in [2.05, 4.69) is 10.1 Å². The van der Waals surface area contributed by atoms with Crippen LogP contribution in [0.2, 0.25) is 0 Å². The second-order valence-corrected chi connectivity index (χ2v) is 6.37. The predicted molar refractivity (Wildman–Crippen MR) is 96.0 cm³/mol. The molecule has 2 aromatic carbocycles. The van der Waals surface area contributed by atoms with Gasteiger partial charge in [-0.05, 0) is 24.6 Å². The fourth-order valence-corrected chi connectivity index (χ4v) is 3.57. The number of aryl methyl sites for hydroxylation is 1. The molecule has 0 N–H and O–H groups in total. The SMILES string of the molecule is Cc1noc2nc3c(c(-c4ccc(F)cc4)c12)C(=O)C(=O)c1ccccc1-3. The van der Waals surface area contributed by atoms with Crippen molar-refractivity contribution in [3.8, 4) is 22.4 Å². The van der Waals surface area contributed by atoms with Gasteiger partial charge < -0.3 is 4.52 Å². The Morgan fingerprint density at radius 1 is 0.889 bits per heavy atom. The molecular formula is C21H11FN2O3. The van der Waals surface area contributed by atoms with Crippen LogP contribution in [0, 0.1) is 12.7 Å². The summed E-state index contributed by atoms with van der Waals surface area (Å²) in [5, 5.41) is 4.51.